The summed E-state index contributed by atoms with van der Waals surface area (Å²) in [5, 5.41) is 2.65. The molecule has 0 unspecified atom stereocenters. The Bertz CT molecular complexity index is 213. The van der Waals surface area contributed by atoms with Crippen LogP contribution in [0, 0.1) is 11.3 Å². The zero-order valence-corrected chi connectivity index (χ0v) is 5.92. The summed E-state index contributed by atoms with van der Waals surface area (Å²) in [6.07, 6.45) is 0.970. The minimum Gasteiger partial charge on any atom is -0.320 e. The van der Waals surface area contributed by atoms with Gasteiger partial charge in [-0.1, -0.05) is 19.1 Å². The van der Waals surface area contributed by atoms with Gasteiger partial charge in [-0.05, 0) is 6.42 Å². The lowest BCUT2D eigenvalue weighted by atomic mass is 10.1. The Morgan fingerprint density at radius 3 is 2.67 bits per heavy atom. The molecule has 0 radical (unpaired) electrons. The molecule has 1 aliphatic carbocycles. The summed E-state index contributed by atoms with van der Waals surface area (Å²) >= 11 is 4.90. The molecule has 2 aliphatic rings. The van der Waals surface area contributed by atoms with Gasteiger partial charge in [0.05, 0.1) is 10.4 Å². The monoisotopic (exact) mass is 141 g/mol. The standard InChI is InChI=1S/C6H7NOS/c1-6-2-3(6)4(9)7-5(6)8/h3H,2H2,1H3,(H,7,8,9)/t3-,6-/m0/s1. The summed E-state index contributed by atoms with van der Waals surface area (Å²) in [6.45, 7) is 1.96. The van der Waals surface area contributed by atoms with Gasteiger partial charge >= 0.3 is 0 Å². The van der Waals surface area contributed by atoms with E-state index in [1.54, 1.807) is 0 Å². The highest BCUT2D eigenvalue weighted by Crippen LogP contribution is 2.56. The van der Waals surface area contributed by atoms with Crippen molar-refractivity contribution in [3.8, 4) is 0 Å². The molecule has 1 amide bonds. The molecular formula is C6H7NOS. The van der Waals surface area contributed by atoms with E-state index >= 15 is 0 Å². The van der Waals surface area contributed by atoms with Crippen molar-refractivity contribution in [3.05, 3.63) is 0 Å². The van der Waals surface area contributed by atoms with Crippen molar-refractivity contribution >= 4 is 23.1 Å². The van der Waals surface area contributed by atoms with E-state index in [1.807, 2.05) is 6.92 Å². The summed E-state index contributed by atoms with van der Waals surface area (Å²) in [6, 6.07) is 0. The molecule has 2 fully saturated rings. The lowest BCUT2D eigenvalue weighted by Gasteiger charge is -1.97. The highest BCUT2D eigenvalue weighted by molar-refractivity contribution is 7.80. The smallest absolute Gasteiger partial charge is 0.231 e. The van der Waals surface area contributed by atoms with Gasteiger partial charge in [0.1, 0.15) is 0 Å². The van der Waals surface area contributed by atoms with Crippen LogP contribution in [0.1, 0.15) is 13.3 Å². The first-order valence-electron chi connectivity index (χ1n) is 3.00. The van der Waals surface area contributed by atoms with E-state index in [4.69, 9.17) is 12.2 Å². The summed E-state index contributed by atoms with van der Waals surface area (Å²) in [7, 11) is 0. The van der Waals surface area contributed by atoms with E-state index in [0.29, 0.717) is 5.92 Å². The van der Waals surface area contributed by atoms with Gasteiger partial charge in [0.25, 0.3) is 0 Å². The molecule has 1 saturated carbocycles. The van der Waals surface area contributed by atoms with Gasteiger partial charge in [0, 0.05) is 5.92 Å². The van der Waals surface area contributed by atoms with Gasteiger partial charge in [-0.25, -0.2) is 0 Å². The maximum absolute atomic E-state index is 10.9. The molecular weight excluding hydrogens is 134 g/mol. The lowest BCUT2D eigenvalue weighted by molar-refractivity contribution is -0.123. The van der Waals surface area contributed by atoms with Gasteiger partial charge in [-0.3, -0.25) is 4.79 Å². The van der Waals surface area contributed by atoms with Gasteiger partial charge in [-0.15, -0.1) is 0 Å². The third-order valence-corrected chi connectivity index (χ3v) is 2.70. The predicted molar refractivity (Wildman–Crippen MR) is 37.0 cm³/mol. The molecule has 0 aromatic carbocycles. The number of carbonyl (C=O) groups excluding carboxylic acids is 1. The second kappa shape index (κ2) is 1.19. The zero-order valence-electron chi connectivity index (χ0n) is 5.10. The van der Waals surface area contributed by atoms with Crippen LogP contribution in [-0.4, -0.2) is 10.9 Å². The zero-order chi connectivity index (χ0) is 6.65. The van der Waals surface area contributed by atoms with Crippen LogP contribution in [0.2, 0.25) is 0 Å². The van der Waals surface area contributed by atoms with Gasteiger partial charge in [0.15, 0.2) is 0 Å². The number of hydrogen-bond acceptors (Lipinski definition) is 2. The van der Waals surface area contributed by atoms with Gasteiger partial charge in [0.2, 0.25) is 5.91 Å². The summed E-state index contributed by atoms with van der Waals surface area (Å²) in [4.78, 5) is 11.7. The third kappa shape index (κ3) is 0.459. The molecule has 1 heterocycles. The van der Waals surface area contributed by atoms with E-state index in [2.05, 4.69) is 5.32 Å². The highest BCUT2D eigenvalue weighted by Gasteiger charge is 2.63. The number of fused-ring (bicyclic) bond motifs is 1. The molecule has 2 nitrogen and oxygen atoms in total. The Labute approximate surface area is 58.6 Å². The molecule has 1 aliphatic heterocycles. The normalized spacial score (nSPS) is 46.6. The van der Waals surface area contributed by atoms with Crippen molar-refractivity contribution in [1.82, 2.24) is 5.32 Å². The van der Waals surface area contributed by atoms with Crippen LogP contribution in [0.5, 0.6) is 0 Å². The fraction of sp³-hybridized carbons (Fsp3) is 0.667. The molecule has 9 heavy (non-hydrogen) atoms. The minimum atomic E-state index is -0.100. The fourth-order valence-corrected chi connectivity index (χ4v) is 1.78. The Kier molecular flexibility index (Phi) is 0.706. The number of amides is 1. The Morgan fingerprint density at radius 1 is 1.89 bits per heavy atom. The minimum absolute atomic E-state index is 0.100. The Hall–Kier alpha value is -0.440. The molecule has 0 aromatic rings. The maximum atomic E-state index is 10.9. The third-order valence-electron chi connectivity index (χ3n) is 2.31. The largest absolute Gasteiger partial charge is 0.320 e. The van der Waals surface area contributed by atoms with Crippen LogP contribution >= 0.6 is 12.2 Å². The molecule has 3 heteroatoms. The molecule has 2 atom stereocenters. The van der Waals surface area contributed by atoms with Gasteiger partial charge in [-0.2, -0.15) is 0 Å². The summed E-state index contributed by atoms with van der Waals surface area (Å²) < 4.78 is 0. The molecule has 48 valence electrons. The first-order chi connectivity index (χ1) is 4.14. The average molecular weight is 141 g/mol. The van der Waals surface area contributed by atoms with Crippen LogP contribution in [-0.2, 0) is 4.79 Å². The van der Waals surface area contributed by atoms with E-state index in [9.17, 15) is 4.79 Å². The summed E-state index contributed by atoms with van der Waals surface area (Å²) in [5.41, 5.74) is -0.100. The topological polar surface area (TPSA) is 29.1 Å². The van der Waals surface area contributed by atoms with Crippen molar-refractivity contribution < 1.29 is 4.79 Å². The molecule has 0 spiro atoms. The quantitative estimate of drug-likeness (QED) is 0.497. The molecule has 0 bridgehead atoms. The second-order valence-corrected chi connectivity index (χ2v) is 3.43. The van der Waals surface area contributed by atoms with Gasteiger partial charge < -0.3 is 5.32 Å². The number of piperidine rings is 1. The van der Waals surface area contributed by atoms with Crippen LogP contribution in [0.15, 0.2) is 0 Å². The van der Waals surface area contributed by atoms with Crippen molar-refractivity contribution in [2.75, 3.05) is 0 Å². The number of rotatable bonds is 0. The maximum Gasteiger partial charge on any atom is 0.231 e. The van der Waals surface area contributed by atoms with Crippen molar-refractivity contribution in [1.29, 1.82) is 0 Å². The van der Waals surface area contributed by atoms with Crippen molar-refractivity contribution in [3.63, 3.8) is 0 Å². The van der Waals surface area contributed by atoms with Crippen molar-refractivity contribution in [2.45, 2.75) is 13.3 Å². The number of nitrogens with one attached hydrogen (secondary N) is 1. The predicted octanol–water partition coefficient (Wildman–Crippen LogP) is 0.470. The number of hydrogen-bond donors (Lipinski definition) is 1. The number of thiocarbonyl (C=S) groups is 1. The molecule has 1 saturated heterocycles. The van der Waals surface area contributed by atoms with E-state index in [0.717, 1.165) is 11.4 Å². The van der Waals surface area contributed by atoms with Crippen LogP contribution < -0.4 is 5.32 Å². The highest BCUT2D eigenvalue weighted by atomic mass is 32.1. The second-order valence-electron chi connectivity index (χ2n) is 2.99. The van der Waals surface area contributed by atoms with Crippen LogP contribution in [0.25, 0.3) is 0 Å². The molecule has 1 N–H and O–H groups in total. The molecule has 0 aromatic heterocycles. The average Bonchev–Trinajstić information content (AvgIpc) is 2.38. The van der Waals surface area contributed by atoms with E-state index < -0.39 is 0 Å². The van der Waals surface area contributed by atoms with E-state index in [-0.39, 0.29) is 11.3 Å². The Balaban J connectivity index is 2.38. The first kappa shape index (κ1) is 5.35. The SMILES string of the molecule is C[C@]12C[C@H]1C(=S)NC2=O. The molecule has 2 rings (SSSR count). The van der Waals surface area contributed by atoms with Crippen molar-refractivity contribution in [2.24, 2.45) is 11.3 Å². The van der Waals surface area contributed by atoms with Crippen LogP contribution in [0.4, 0.5) is 0 Å². The van der Waals surface area contributed by atoms with E-state index in [1.165, 1.54) is 0 Å². The lowest BCUT2D eigenvalue weighted by Crippen LogP contribution is -2.26. The Morgan fingerprint density at radius 2 is 2.56 bits per heavy atom. The first-order valence-corrected chi connectivity index (χ1v) is 3.41. The number of carbonyl (C=O) groups is 1. The van der Waals surface area contributed by atoms with Crippen LogP contribution in [0.3, 0.4) is 0 Å². The summed E-state index contributed by atoms with van der Waals surface area (Å²) in [5.74, 6) is 0.498. The fourth-order valence-electron chi connectivity index (χ4n) is 1.34.